The summed E-state index contributed by atoms with van der Waals surface area (Å²) in [7, 11) is 0. The van der Waals surface area contributed by atoms with Gasteiger partial charge in [-0.05, 0) is 41.0 Å². The lowest BCUT2D eigenvalue weighted by molar-refractivity contribution is -0.245. The van der Waals surface area contributed by atoms with Gasteiger partial charge in [0.15, 0.2) is 6.29 Å². The highest BCUT2D eigenvalue weighted by Crippen LogP contribution is 2.39. The van der Waals surface area contributed by atoms with Gasteiger partial charge in [-0.15, -0.1) is 11.8 Å². The first-order valence-electron chi connectivity index (χ1n) is 13.0. The molecule has 6 nitrogen and oxygen atoms in total. The van der Waals surface area contributed by atoms with Crippen molar-refractivity contribution in [2.75, 3.05) is 11.1 Å². The van der Waals surface area contributed by atoms with Crippen LogP contribution in [0.1, 0.15) is 41.1 Å². The largest absolute Gasteiger partial charge is 0.392 e. The van der Waals surface area contributed by atoms with Crippen LogP contribution in [-0.2, 0) is 22.6 Å². The van der Waals surface area contributed by atoms with Crippen LogP contribution in [0.4, 0.5) is 10.5 Å². The van der Waals surface area contributed by atoms with Gasteiger partial charge in [-0.1, -0.05) is 84.9 Å². The maximum absolute atomic E-state index is 12.5. The summed E-state index contributed by atoms with van der Waals surface area (Å²) in [6.07, 6.45) is -0.0723. The number of carbonyl (C=O) groups excluding carboxylic acids is 1. The number of urea groups is 1. The van der Waals surface area contributed by atoms with Crippen molar-refractivity contribution in [3.8, 4) is 0 Å². The molecule has 0 spiro atoms. The Morgan fingerprint density at radius 2 is 1.56 bits per heavy atom. The van der Waals surface area contributed by atoms with Crippen LogP contribution in [0.15, 0.2) is 114 Å². The lowest BCUT2D eigenvalue weighted by Gasteiger charge is -2.36. The minimum Gasteiger partial charge on any atom is -0.392 e. The van der Waals surface area contributed by atoms with E-state index in [0.29, 0.717) is 18.7 Å². The van der Waals surface area contributed by atoms with E-state index in [4.69, 9.17) is 9.47 Å². The van der Waals surface area contributed by atoms with Gasteiger partial charge in [0.25, 0.3) is 0 Å². The summed E-state index contributed by atoms with van der Waals surface area (Å²) in [6.45, 7) is 0.450. The van der Waals surface area contributed by atoms with Gasteiger partial charge in [0.2, 0.25) is 0 Å². The number of nitrogens with one attached hydrogen (secondary N) is 2. The van der Waals surface area contributed by atoms with E-state index >= 15 is 0 Å². The number of ether oxygens (including phenoxy) is 2. The molecule has 1 saturated heterocycles. The van der Waals surface area contributed by atoms with Gasteiger partial charge in [-0.2, -0.15) is 0 Å². The Morgan fingerprint density at radius 3 is 2.31 bits per heavy atom. The van der Waals surface area contributed by atoms with Crippen LogP contribution >= 0.6 is 11.8 Å². The Balaban J connectivity index is 1.28. The molecule has 200 valence electrons. The fourth-order valence-corrected chi connectivity index (χ4v) is 5.39. The van der Waals surface area contributed by atoms with Gasteiger partial charge >= 0.3 is 6.03 Å². The summed E-state index contributed by atoms with van der Waals surface area (Å²) in [4.78, 5) is 13.7. The summed E-state index contributed by atoms with van der Waals surface area (Å²) in [5.74, 6) is 0.787. The number of hydrogen-bond donors (Lipinski definition) is 3. The van der Waals surface area contributed by atoms with Gasteiger partial charge in [0.1, 0.15) is 0 Å². The number of benzene rings is 4. The van der Waals surface area contributed by atoms with Crippen LogP contribution in [0.5, 0.6) is 0 Å². The number of anilines is 1. The number of hydrogen-bond acceptors (Lipinski definition) is 5. The third-order valence-corrected chi connectivity index (χ3v) is 7.65. The highest BCUT2D eigenvalue weighted by Gasteiger charge is 2.32. The lowest BCUT2D eigenvalue weighted by Crippen LogP contribution is -2.31. The molecule has 4 aromatic rings. The third-order valence-electron chi connectivity index (χ3n) is 6.51. The fraction of sp³-hybridized carbons (Fsp3) is 0.219. The molecule has 3 N–H and O–H groups in total. The van der Waals surface area contributed by atoms with Crippen molar-refractivity contribution in [3.05, 3.63) is 131 Å². The second-order valence-corrected chi connectivity index (χ2v) is 10.5. The molecule has 1 aliphatic heterocycles. The third kappa shape index (κ3) is 7.71. The van der Waals surface area contributed by atoms with E-state index in [1.807, 2.05) is 97.1 Å². The molecule has 39 heavy (non-hydrogen) atoms. The van der Waals surface area contributed by atoms with E-state index < -0.39 is 6.29 Å². The van der Waals surface area contributed by atoms with Gasteiger partial charge in [-0.25, -0.2) is 4.79 Å². The Morgan fingerprint density at radius 1 is 0.821 bits per heavy atom. The minimum absolute atomic E-state index is 0.00655. The second-order valence-electron chi connectivity index (χ2n) is 9.39. The van der Waals surface area contributed by atoms with Gasteiger partial charge in [-0.3, -0.25) is 0 Å². The summed E-state index contributed by atoms with van der Waals surface area (Å²) < 4.78 is 12.9. The monoisotopic (exact) mass is 540 g/mol. The number of thioether (sulfide) groups is 1. The summed E-state index contributed by atoms with van der Waals surface area (Å²) in [5.41, 5.74) is 4.44. The molecule has 1 heterocycles. The van der Waals surface area contributed by atoms with Crippen molar-refractivity contribution in [3.63, 3.8) is 0 Å². The topological polar surface area (TPSA) is 79.8 Å². The molecule has 1 aliphatic rings. The molecule has 0 bridgehead atoms. The number of aliphatic hydroxyl groups excluding tert-OH is 1. The number of aliphatic hydroxyl groups is 1. The second kappa shape index (κ2) is 13.4. The first-order valence-corrected chi connectivity index (χ1v) is 14.0. The average Bonchev–Trinajstić information content (AvgIpc) is 3.00. The van der Waals surface area contributed by atoms with Gasteiger partial charge < -0.3 is 25.2 Å². The molecule has 0 aromatic heterocycles. The zero-order chi connectivity index (χ0) is 26.9. The maximum Gasteiger partial charge on any atom is 0.319 e. The standard InChI is InChI=1S/C32H32N2O4S/c35-21-24-14-16-25(17-15-24)30-19-28(22-39-29-12-5-2-6-13-29)37-31(38-30)26-10-7-11-27(18-26)34-32(36)33-20-23-8-3-1-4-9-23/h1-18,28,30-31,35H,19-22H2,(H2,33,34,36)/t28-,30+,31+/m1/s1. The molecule has 0 unspecified atom stereocenters. The molecule has 0 aliphatic carbocycles. The molecule has 0 radical (unpaired) electrons. The molecule has 4 aromatic carbocycles. The highest BCUT2D eigenvalue weighted by atomic mass is 32.2. The summed E-state index contributed by atoms with van der Waals surface area (Å²) in [5, 5.41) is 15.2. The maximum atomic E-state index is 12.5. The summed E-state index contributed by atoms with van der Waals surface area (Å²) >= 11 is 1.76. The normalized spacial score (nSPS) is 18.8. The van der Waals surface area contributed by atoms with E-state index in [0.717, 1.165) is 28.0 Å². The summed E-state index contributed by atoms with van der Waals surface area (Å²) in [6, 6.07) is 35.3. The van der Waals surface area contributed by atoms with E-state index in [1.165, 1.54) is 4.90 Å². The zero-order valence-electron chi connectivity index (χ0n) is 21.5. The Labute approximate surface area is 233 Å². The average molecular weight is 541 g/mol. The molecule has 1 fully saturated rings. The van der Waals surface area contributed by atoms with Crippen LogP contribution in [0.3, 0.4) is 0 Å². The van der Waals surface area contributed by atoms with E-state index in [2.05, 4.69) is 22.8 Å². The van der Waals surface area contributed by atoms with Gasteiger partial charge in [0.05, 0.1) is 18.8 Å². The first-order chi connectivity index (χ1) is 19.2. The molecule has 0 saturated carbocycles. The number of rotatable bonds is 9. The van der Waals surface area contributed by atoms with Crippen molar-refractivity contribution in [1.29, 1.82) is 0 Å². The number of amides is 2. The molecular weight excluding hydrogens is 508 g/mol. The lowest BCUT2D eigenvalue weighted by atomic mass is 10.0. The van der Waals surface area contributed by atoms with Crippen LogP contribution < -0.4 is 10.6 Å². The van der Waals surface area contributed by atoms with Crippen LogP contribution in [0.25, 0.3) is 0 Å². The Hall–Kier alpha value is -3.62. The molecule has 2 amide bonds. The smallest absolute Gasteiger partial charge is 0.319 e. The van der Waals surface area contributed by atoms with Crippen molar-refractivity contribution in [2.24, 2.45) is 0 Å². The van der Waals surface area contributed by atoms with Crippen LogP contribution in [-0.4, -0.2) is 23.0 Å². The predicted molar refractivity (Wildman–Crippen MR) is 154 cm³/mol. The molecule has 7 heteroatoms. The van der Waals surface area contributed by atoms with Crippen molar-refractivity contribution in [2.45, 2.75) is 43.0 Å². The Kier molecular flexibility index (Phi) is 9.30. The first kappa shape index (κ1) is 27.0. The molecule has 3 atom stereocenters. The molecular formula is C32H32N2O4S. The molecule has 5 rings (SSSR count). The van der Waals surface area contributed by atoms with Crippen molar-refractivity contribution >= 4 is 23.5 Å². The van der Waals surface area contributed by atoms with Crippen molar-refractivity contribution < 1.29 is 19.4 Å². The highest BCUT2D eigenvalue weighted by molar-refractivity contribution is 7.99. The quantitative estimate of drug-likeness (QED) is 0.203. The SMILES string of the molecule is O=C(NCc1ccccc1)Nc1cccc([C@H]2O[C@@H](CSc3ccccc3)C[C@@H](c3ccc(CO)cc3)O2)c1. The van der Waals surface area contributed by atoms with E-state index in [-0.39, 0.29) is 24.8 Å². The van der Waals surface area contributed by atoms with Gasteiger partial charge in [0, 0.05) is 34.9 Å². The Bertz CT molecular complexity index is 1340. The van der Waals surface area contributed by atoms with Crippen LogP contribution in [0.2, 0.25) is 0 Å². The van der Waals surface area contributed by atoms with E-state index in [9.17, 15) is 9.90 Å². The zero-order valence-corrected chi connectivity index (χ0v) is 22.3. The van der Waals surface area contributed by atoms with E-state index in [1.54, 1.807) is 11.8 Å². The van der Waals surface area contributed by atoms with Crippen molar-refractivity contribution in [1.82, 2.24) is 5.32 Å². The fourth-order valence-electron chi connectivity index (χ4n) is 4.45. The van der Waals surface area contributed by atoms with Crippen LogP contribution in [0, 0.1) is 0 Å². The minimum atomic E-state index is -0.586. The number of carbonyl (C=O) groups is 1. The predicted octanol–water partition coefficient (Wildman–Crippen LogP) is 6.84.